The number of carbonyl (C=O) groups excluding carboxylic acids is 2. The Morgan fingerprint density at radius 1 is 1.34 bits per heavy atom. The summed E-state index contributed by atoms with van der Waals surface area (Å²) in [6.45, 7) is 2.88. The van der Waals surface area contributed by atoms with Gasteiger partial charge in [0.15, 0.2) is 5.69 Å². The first kappa shape index (κ1) is 22.3. The third-order valence-electron chi connectivity index (χ3n) is 6.25. The van der Waals surface area contributed by atoms with Crippen molar-refractivity contribution in [2.45, 2.75) is 25.8 Å². The number of amides is 2. The second kappa shape index (κ2) is 9.06. The quantitative estimate of drug-likeness (QED) is 0.535. The zero-order valence-electron chi connectivity index (χ0n) is 19.4. The zero-order chi connectivity index (χ0) is 24.5. The van der Waals surface area contributed by atoms with E-state index in [1.165, 1.54) is 0 Å². The third kappa shape index (κ3) is 4.03. The maximum atomic E-state index is 13.6. The van der Waals surface area contributed by atoms with Crippen LogP contribution in [0.2, 0.25) is 0 Å². The zero-order valence-corrected chi connectivity index (χ0v) is 19.4. The van der Waals surface area contributed by atoms with Crippen molar-refractivity contribution in [3.05, 3.63) is 47.5 Å². The molecule has 2 aliphatic heterocycles. The van der Waals surface area contributed by atoms with Crippen LogP contribution in [0, 0.1) is 18.3 Å². The molecule has 178 valence electrons. The Balaban J connectivity index is 1.50. The average Bonchev–Trinajstić information content (AvgIpc) is 3.49. The number of rotatable bonds is 5. The number of hydrogen-bond donors (Lipinski definition) is 2. The van der Waals surface area contributed by atoms with Gasteiger partial charge in [-0.05, 0) is 38.0 Å². The number of anilines is 3. The molecule has 4 heterocycles. The van der Waals surface area contributed by atoms with E-state index in [4.69, 9.17) is 9.68 Å². The van der Waals surface area contributed by atoms with Gasteiger partial charge < -0.3 is 24.9 Å². The summed E-state index contributed by atoms with van der Waals surface area (Å²) in [4.78, 5) is 43.1. The smallest absolute Gasteiger partial charge is 0.274 e. The molecule has 11 nitrogen and oxygen atoms in total. The topological polar surface area (TPSA) is 140 Å². The van der Waals surface area contributed by atoms with Crippen LogP contribution in [0.15, 0.2) is 34.9 Å². The molecule has 1 saturated heterocycles. The molecule has 0 radical (unpaired) electrons. The van der Waals surface area contributed by atoms with Gasteiger partial charge in [-0.15, -0.1) is 0 Å². The summed E-state index contributed by atoms with van der Waals surface area (Å²) in [5, 5.41) is 14.1. The molecule has 3 aromatic rings. The van der Waals surface area contributed by atoms with Gasteiger partial charge in [-0.3, -0.25) is 9.59 Å². The molecule has 1 fully saturated rings. The van der Waals surface area contributed by atoms with Crippen LogP contribution >= 0.6 is 0 Å². The minimum absolute atomic E-state index is 0.119. The number of nitriles is 1. The molecule has 2 amide bonds. The molecule has 35 heavy (non-hydrogen) atoms. The van der Waals surface area contributed by atoms with Gasteiger partial charge in [-0.25, -0.2) is 9.97 Å². The number of aromatic nitrogens is 3. The Morgan fingerprint density at radius 3 is 3.00 bits per heavy atom. The van der Waals surface area contributed by atoms with Gasteiger partial charge in [-0.2, -0.15) is 10.2 Å². The van der Waals surface area contributed by atoms with Crippen LogP contribution in [-0.4, -0.2) is 59.5 Å². The van der Waals surface area contributed by atoms with Crippen LogP contribution in [0.25, 0.3) is 11.5 Å². The van der Waals surface area contributed by atoms with Crippen LogP contribution in [0.1, 0.15) is 39.4 Å². The monoisotopic (exact) mass is 472 g/mol. The third-order valence-corrected chi connectivity index (χ3v) is 6.25. The fourth-order valence-corrected chi connectivity index (χ4v) is 4.57. The normalized spacial score (nSPS) is 16.8. The molecule has 0 aliphatic carbocycles. The van der Waals surface area contributed by atoms with E-state index in [0.717, 1.165) is 19.4 Å². The fraction of sp³-hybridized carbons (Fsp3) is 0.333. The highest BCUT2D eigenvalue weighted by Gasteiger charge is 2.37. The molecule has 1 aromatic carbocycles. The van der Waals surface area contributed by atoms with Gasteiger partial charge in [0.1, 0.15) is 23.7 Å². The van der Waals surface area contributed by atoms with Crippen LogP contribution in [0.3, 0.4) is 0 Å². The molecular formula is C24H24N8O3. The highest BCUT2D eigenvalue weighted by molar-refractivity contribution is 6.10. The summed E-state index contributed by atoms with van der Waals surface area (Å²) in [5.74, 6) is 1.10. The minimum atomic E-state index is -0.475. The molecule has 1 atom stereocenters. The lowest BCUT2D eigenvalue weighted by Crippen LogP contribution is -2.39. The van der Waals surface area contributed by atoms with Gasteiger partial charge in [0.05, 0.1) is 6.07 Å². The van der Waals surface area contributed by atoms with E-state index >= 15 is 0 Å². The van der Waals surface area contributed by atoms with Crippen LogP contribution in [0.5, 0.6) is 0 Å². The fourth-order valence-electron chi connectivity index (χ4n) is 4.57. The maximum Gasteiger partial charge on any atom is 0.274 e. The number of hydrogen-bond acceptors (Lipinski definition) is 9. The summed E-state index contributed by atoms with van der Waals surface area (Å²) in [6, 6.07) is 9.34. The molecular weight excluding hydrogens is 448 g/mol. The summed E-state index contributed by atoms with van der Waals surface area (Å²) >= 11 is 0. The van der Waals surface area contributed by atoms with Gasteiger partial charge in [0.2, 0.25) is 11.8 Å². The Hall–Kier alpha value is -4.46. The van der Waals surface area contributed by atoms with Gasteiger partial charge in [-0.1, -0.05) is 6.07 Å². The predicted octanol–water partition coefficient (Wildman–Crippen LogP) is 2.36. The van der Waals surface area contributed by atoms with Crippen molar-refractivity contribution in [3.8, 4) is 17.5 Å². The first-order valence-electron chi connectivity index (χ1n) is 11.4. The molecule has 0 spiro atoms. The number of nitrogens with one attached hydrogen (secondary N) is 2. The van der Waals surface area contributed by atoms with E-state index in [2.05, 4.69) is 30.5 Å². The lowest BCUT2D eigenvalue weighted by Gasteiger charge is -2.27. The Bertz CT molecular complexity index is 1340. The molecule has 0 unspecified atom stereocenters. The van der Waals surface area contributed by atoms with Crippen molar-refractivity contribution < 1.29 is 14.0 Å². The van der Waals surface area contributed by atoms with Crippen molar-refractivity contribution in [3.63, 3.8) is 0 Å². The first-order valence-corrected chi connectivity index (χ1v) is 11.4. The lowest BCUT2D eigenvalue weighted by molar-refractivity contribution is 0.0951. The van der Waals surface area contributed by atoms with Gasteiger partial charge in [0.25, 0.3) is 11.8 Å². The lowest BCUT2D eigenvalue weighted by atomic mass is 10.1. The van der Waals surface area contributed by atoms with E-state index in [-0.39, 0.29) is 30.1 Å². The van der Waals surface area contributed by atoms with E-state index in [1.807, 2.05) is 30.3 Å². The Morgan fingerprint density at radius 2 is 2.20 bits per heavy atom. The van der Waals surface area contributed by atoms with E-state index in [1.54, 1.807) is 25.1 Å². The number of benzene rings is 1. The summed E-state index contributed by atoms with van der Waals surface area (Å²) in [6.07, 6.45) is 3.57. The predicted molar refractivity (Wildman–Crippen MR) is 128 cm³/mol. The van der Waals surface area contributed by atoms with Crippen LogP contribution < -0.4 is 20.4 Å². The molecule has 2 N–H and O–H groups in total. The highest BCUT2D eigenvalue weighted by atomic mass is 16.4. The molecule has 2 aromatic heterocycles. The van der Waals surface area contributed by atoms with Crippen molar-refractivity contribution in [1.29, 1.82) is 5.26 Å². The molecule has 5 rings (SSSR count). The molecule has 0 bridgehead atoms. The maximum absolute atomic E-state index is 13.6. The second-order valence-electron chi connectivity index (χ2n) is 8.40. The second-order valence-corrected chi connectivity index (χ2v) is 8.40. The van der Waals surface area contributed by atoms with E-state index < -0.39 is 5.91 Å². The number of fused-ring (bicyclic) bond motifs is 3. The Kier molecular flexibility index (Phi) is 5.78. The summed E-state index contributed by atoms with van der Waals surface area (Å²) in [5.41, 5.74) is 1.91. The van der Waals surface area contributed by atoms with Gasteiger partial charge >= 0.3 is 0 Å². The van der Waals surface area contributed by atoms with E-state index in [9.17, 15) is 9.59 Å². The first-order chi connectivity index (χ1) is 17.0. The summed E-state index contributed by atoms with van der Waals surface area (Å²) in [7, 11) is 1.75. The standard InChI is InChI=1S/C24H24N8O3/c1-14-19(21(33)27-9-8-25)29-22(35-14)15-5-3-6-16(11-15)32-13-17-7-4-10-31(17)20-18(23(32)34)12-28-24(26-2)30-20/h3,5-6,11-12,17H,4,7,9-10,13H2,1-2H3,(H,27,33)(H,26,28,30)/t17-/m0/s1. The largest absolute Gasteiger partial charge is 0.441 e. The van der Waals surface area contributed by atoms with Crippen molar-refractivity contribution in [2.24, 2.45) is 0 Å². The van der Waals surface area contributed by atoms with Crippen molar-refractivity contribution in [1.82, 2.24) is 20.3 Å². The number of carbonyl (C=O) groups is 2. The molecule has 11 heteroatoms. The Labute approximate surface area is 201 Å². The molecule has 0 saturated carbocycles. The number of oxazole rings is 1. The minimum Gasteiger partial charge on any atom is -0.441 e. The van der Waals surface area contributed by atoms with Crippen LogP contribution in [-0.2, 0) is 0 Å². The van der Waals surface area contributed by atoms with E-state index in [0.29, 0.717) is 40.9 Å². The highest BCUT2D eigenvalue weighted by Crippen LogP contribution is 2.35. The number of aryl methyl sites for hydroxylation is 1. The van der Waals surface area contributed by atoms with Crippen LogP contribution in [0.4, 0.5) is 17.5 Å². The van der Waals surface area contributed by atoms with Gasteiger partial charge in [0, 0.05) is 43.6 Å². The average molecular weight is 473 g/mol. The van der Waals surface area contributed by atoms with Crippen molar-refractivity contribution >= 4 is 29.3 Å². The van der Waals surface area contributed by atoms with Crippen molar-refractivity contribution in [2.75, 3.05) is 41.8 Å². The SMILES string of the molecule is CNc1ncc2c(n1)N1CCC[C@H]1CN(c1cccc(-c3nc(C(=O)NCC#N)c(C)o3)c1)C2=O. The molecule has 2 aliphatic rings. The summed E-state index contributed by atoms with van der Waals surface area (Å²) < 4.78 is 5.75. The number of nitrogens with zero attached hydrogens (tertiary/aromatic N) is 6.